The molecule has 0 aliphatic carbocycles. The van der Waals surface area contributed by atoms with Crippen LogP contribution in [0.25, 0.3) is 0 Å². The number of piperidine rings is 2. The fraction of sp³-hybridized carbons (Fsp3) is 0.706. The summed E-state index contributed by atoms with van der Waals surface area (Å²) in [4.78, 5) is 23.0. The van der Waals surface area contributed by atoms with E-state index < -0.39 is 0 Å². The number of hydrogen-bond acceptors (Lipinski definition) is 6. The summed E-state index contributed by atoms with van der Waals surface area (Å²) in [5.74, 6) is 2.39. The lowest BCUT2D eigenvalue weighted by atomic mass is 9.91. The Morgan fingerprint density at radius 3 is 2.67 bits per heavy atom. The molecule has 3 fully saturated rings. The van der Waals surface area contributed by atoms with E-state index in [9.17, 15) is 4.79 Å². The molecule has 0 unspecified atom stereocenters. The SMILES string of the molecule is Cc1nc(C2CCNCC2)cc(N2CCC3(CC2)CNC(=O)O3)n1. The van der Waals surface area contributed by atoms with E-state index in [4.69, 9.17) is 4.74 Å². The first-order chi connectivity index (χ1) is 11.6. The van der Waals surface area contributed by atoms with Crippen LogP contribution in [-0.4, -0.2) is 54.4 Å². The summed E-state index contributed by atoms with van der Waals surface area (Å²) in [5, 5.41) is 6.19. The predicted octanol–water partition coefficient (Wildman–Crippen LogP) is 1.33. The number of aromatic nitrogens is 2. The van der Waals surface area contributed by atoms with Crippen molar-refractivity contribution in [1.82, 2.24) is 20.6 Å². The first-order valence-electron chi connectivity index (χ1n) is 8.92. The van der Waals surface area contributed by atoms with E-state index in [1.165, 1.54) is 5.69 Å². The van der Waals surface area contributed by atoms with Gasteiger partial charge >= 0.3 is 6.09 Å². The fourth-order valence-electron chi connectivity index (χ4n) is 3.99. The molecule has 4 heterocycles. The Hall–Kier alpha value is -1.89. The van der Waals surface area contributed by atoms with Crippen molar-refractivity contribution in [3.63, 3.8) is 0 Å². The Morgan fingerprint density at radius 2 is 2.00 bits per heavy atom. The molecule has 1 spiro atoms. The summed E-state index contributed by atoms with van der Waals surface area (Å²) in [6.45, 7) is 6.44. The van der Waals surface area contributed by atoms with E-state index in [-0.39, 0.29) is 11.7 Å². The summed E-state index contributed by atoms with van der Waals surface area (Å²) >= 11 is 0. The van der Waals surface area contributed by atoms with Crippen molar-refractivity contribution in [3.8, 4) is 0 Å². The third kappa shape index (κ3) is 3.05. The Morgan fingerprint density at radius 1 is 1.25 bits per heavy atom. The van der Waals surface area contributed by atoms with Crippen molar-refractivity contribution in [1.29, 1.82) is 0 Å². The van der Waals surface area contributed by atoms with Crippen molar-refractivity contribution >= 4 is 11.9 Å². The summed E-state index contributed by atoms with van der Waals surface area (Å²) in [5.41, 5.74) is 0.862. The fourth-order valence-corrected chi connectivity index (χ4v) is 3.99. The molecule has 0 bridgehead atoms. The lowest BCUT2D eigenvalue weighted by molar-refractivity contribution is 0.0366. The largest absolute Gasteiger partial charge is 0.441 e. The van der Waals surface area contributed by atoms with Gasteiger partial charge in [-0.2, -0.15) is 0 Å². The van der Waals surface area contributed by atoms with E-state index in [0.717, 1.165) is 63.5 Å². The summed E-state index contributed by atoms with van der Waals surface area (Å²) in [7, 11) is 0. The Labute approximate surface area is 142 Å². The molecule has 1 amide bonds. The van der Waals surface area contributed by atoms with E-state index in [1.807, 2.05) is 6.92 Å². The van der Waals surface area contributed by atoms with Crippen molar-refractivity contribution < 1.29 is 9.53 Å². The van der Waals surface area contributed by atoms with Crippen LogP contribution in [0.5, 0.6) is 0 Å². The average molecular weight is 331 g/mol. The van der Waals surface area contributed by atoms with Crippen LogP contribution >= 0.6 is 0 Å². The maximum Gasteiger partial charge on any atom is 0.407 e. The molecule has 7 nitrogen and oxygen atoms in total. The van der Waals surface area contributed by atoms with Crippen LogP contribution in [0.4, 0.5) is 10.6 Å². The van der Waals surface area contributed by atoms with Crippen LogP contribution in [0.15, 0.2) is 6.07 Å². The van der Waals surface area contributed by atoms with Gasteiger partial charge < -0.3 is 20.3 Å². The Kier molecular flexibility index (Phi) is 4.04. The van der Waals surface area contributed by atoms with Crippen molar-refractivity contribution in [2.24, 2.45) is 0 Å². The number of rotatable bonds is 2. The minimum absolute atomic E-state index is 0.283. The monoisotopic (exact) mass is 331 g/mol. The van der Waals surface area contributed by atoms with Gasteiger partial charge in [-0.25, -0.2) is 14.8 Å². The molecule has 2 N–H and O–H groups in total. The summed E-state index contributed by atoms with van der Waals surface area (Å²) in [6.07, 6.45) is 3.69. The van der Waals surface area contributed by atoms with Gasteiger partial charge in [0.1, 0.15) is 17.2 Å². The van der Waals surface area contributed by atoms with Gasteiger partial charge in [0.25, 0.3) is 0 Å². The average Bonchev–Trinajstić information content (AvgIpc) is 2.96. The van der Waals surface area contributed by atoms with Gasteiger partial charge in [-0.05, 0) is 32.9 Å². The number of anilines is 1. The number of carbonyl (C=O) groups is 1. The molecule has 3 aliphatic rings. The highest BCUT2D eigenvalue weighted by Crippen LogP contribution is 2.32. The number of alkyl carbamates (subject to hydrolysis) is 1. The molecule has 3 aliphatic heterocycles. The van der Waals surface area contributed by atoms with E-state index in [1.54, 1.807) is 0 Å². The number of hydrogen-bond donors (Lipinski definition) is 2. The second-order valence-corrected chi connectivity index (χ2v) is 7.14. The molecular formula is C17H25N5O2. The molecule has 3 saturated heterocycles. The third-order valence-corrected chi connectivity index (χ3v) is 5.46. The number of amides is 1. The zero-order valence-corrected chi connectivity index (χ0v) is 14.2. The van der Waals surface area contributed by atoms with E-state index >= 15 is 0 Å². The maximum atomic E-state index is 11.4. The van der Waals surface area contributed by atoms with E-state index in [2.05, 4.69) is 31.6 Å². The maximum absolute atomic E-state index is 11.4. The van der Waals surface area contributed by atoms with Gasteiger partial charge in [0.15, 0.2) is 0 Å². The zero-order valence-electron chi connectivity index (χ0n) is 14.2. The first kappa shape index (κ1) is 15.6. The molecule has 0 aromatic carbocycles. The first-order valence-corrected chi connectivity index (χ1v) is 8.92. The number of nitrogens with one attached hydrogen (secondary N) is 2. The van der Waals surface area contributed by atoms with Crippen LogP contribution in [0.3, 0.4) is 0 Å². The molecule has 0 radical (unpaired) electrons. The molecule has 0 saturated carbocycles. The normalized spacial score (nSPS) is 24.0. The molecule has 0 atom stereocenters. The summed E-state index contributed by atoms with van der Waals surface area (Å²) < 4.78 is 5.50. The third-order valence-electron chi connectivity index (χ3n) is 5.46. The summed E-state index contributed by atoms with van der Waals surface area (Å²) in [6, 6.07) is 2.17. The molecule has 7 heteroatoms. The predicted molar refractivity (Wildman–Crippen MR) is 90.3 cm³/mol. The second kappa shape index (κ2) is 6.20. The van der Waals surface area contributed by atoms with Gasteiger partial charge in [0.05, 0.1) is 6.54 Å². The number of nitrogens with zero attached hydrogens (tertiary/aromatic N) is 3. The van der Waals surface area contributed by atoms with Gasteiger partial charge in [0.2, 0.25) is 0 Å². The zero-order chi connectivity index (χ0) is 16.6. The van der Waals surface area contributed by atoms with Crippen LogP contribution < -0.4 is 15.5 Å². The molecule has 1 aromatic heterocycles. The highest BCUT2D eigenvalue weighted by Gasteiger charge is 2.43. The molecular weight excluding hydrogens is 306 g/mol. The second-order valence-electron chi connectivity index (χ2n) is 7.14. The topological polar surface area (TPSA) is 79.4 Å². The standard InChI is InChI=1S/C17H25N5O2/c1-12-20-14(13-2-6-18-7-3-13)10-15(21-12)22-8-4-17(5-9-22)11-19-16(23)24-17/h10,13,18H,2-9,11H2,1H3,(H,19,23). The van der Waals surface area contributed by atoms with Crippen LogP contribution in [0.1, 0.15) is 43.1 Å². The quantitative estimate of drug-likeness (QED) is 0.851. The minimum Gasteiger partial charge on any atom is -0.441 e. The van der Waals surface area contributed by atoms with Gasteiger partial charge in [-0.3, -0.25) is 0 Å². The Bertz CT molecular complexity index is 621. The molecule has 130 valence electrons. The molecule has 1 aromatic rings. The smallest absolute Gasteiger partial charge is 0.407 e. The van der Waals surface area contributed by atoms with Crippen molar-refractivity contribution in [2.75, 3.05) is 37.6 Å². The Balaban J connectivity index is 1.48. The number of carbonyl (C=O) groups excluding carboxylic acids is 1. The molecule has 24 heavy (non-hydrogen) atoms. The van der Waals surface area contributed by atoms with Crippen LogP contribution in [0, 0.1) is 6.92 Å². The van der Waals surface area contributed by atoms with Crippen molar-refractivity contribution in [2.45, 2.75) is 44.1 Å². The van der Waals surface area contributed by atoms with Crippen LogP contribution in [-0.2, 0) is 4.74 Å². The molecule has 4 rings (SSSR count). The number of ether oxygens (including phenoxy) is 1. The van der Waals surface area contributed by atoms with E-state index in [0.29, 0.717) is 12.5 Å². The lowest BCUT2D eigenvalue weighted by Gasteiger charge is -2.38. The van der Waals surface area contributed by atoms with Gasteiger partial charge in [-0.15, -0.1) is 0 Å². The minimum atomic E-state index is -0.312. The highest BCUT2D eigenvalue weighted by molar-refractivity contribution is 5.70. The van der Waals surface area contributed by atoms with Gasteiger partial charge in [0, 0.05) is 43.6 Å². The lowest BCUT2D eigenvalue weighted by Crippen LogP contribution is -2.47. The highest BCUT2D eigenvalue weighted by atomic mass is 16.6. The van der Waals surface area contributed by atoms with Crippen molar-refractivity contribution in [3.05, 3.63) is 17.6 Å². The van der Waals surface area contributed by atoms with Crippen LogP contribution in [0.2, 0.25) is 0 Å². The number of aryl methyl sites for hydroxylation is 1. The van der Waals surface area contributed by atoms with Gasteiger partial charge in [-0.1, -0.05) is 0 Å².